The molecule has 4 nitrogen and oxygen atoms in total. The average Bonchev–Trinajstić information content (AvgIpc) is 3.42. The molecule has 0 saturated carbocycles. The van der Waals surface area contributed by atoms with Gasteiger partial charge in [0, 0.05) is 29.6 Å². The zero-order valence-electron chi connectivity index (χ0n) is 18.4. The Hall–Kier alpha value is -3.83. The number of hydrogen-bond donors (Lipinski definition) is 0. The van der Waals surface area contributed by atoms with Crippen molar-refractivity contribution < 1.29 is 8.98 Å². The molecule has 0 N–H and O–H groups in total. The number of aromatic nitrogens is 2. The molecule has 0 aliphatic carbocycles. The Morgan fingerprint density at radius 3 is 2.73 bits per heavy atom. The average molecular weight is 449 g/mol. The van der Waals surface area contributed by atoms with Crippen LogP contribution in [0, 0.1) is 0 Å². The summed E-state index contributed by atoms with van der Waals surface area (Å²) in [6.45, 7) is 0. The fourth-order valence-electron chi connectivity index (χ4n) is 4.21. The third-order valence-corrected chi connectivity index (χ3v) is 7.18. The molecule has 0 unspecified atom stereocenters. The van der Waals surface area contributed by atoms with Crippen molar-refractivity contribution in [2.45, 2.75) is 4.90 Å². The topological polar surface area (TPSA) is 33.2 Å². The second-order valence-electron chi connectivity index (χ2n) is 8.09. The smallest absolute Gasteiger partial charge is 0.227 e. The molecular weight excluding hydrogens is 426 g/mol. The molecule has 0 atom stereocenters. The largest absolute Gasteiger partial charge is 0.436 e. The van der Waals surface area contributed by atoms with E-state index in [1.165, 1.54) is 15.6 Å². The molecule has 0 bridgehead atoms. The number of para-hydroxylation sites is 3. The number of thioether (sulfide) groups is 1. The van der Waals surface area contributed by atoms with Gasteiger partial charge in [-0.05, 0) is 48.0 Å². The summed E-state index contributed by atoms with van der Waals surface area (Å²) in [6.07, 6.45) is 8.57. The summed E-state index contributed by atoms with van der Waals surface area (Å²) in [5, 5.41) is 2.37. The van der Waals surface area contributed by atoms with E-state index in [1.807, 2.05) is 24.3 Å². The van der Waals surface area contributed by atoms with Gasteiger partial charge >= 0.3 is 0 Å². The fraction of sp³-hybridized carbons (Fsp3) is 0.0714. The van der Waals surface area contributed by atoms with E-state index in [0.29, 0.717) is 5.89 Å². The molecule has 0 spiro atoms. The molecule has 0 fully saturated rings. The number of oxazole rings is 1. The summed E-state index contributed by atoms with van der Waals surface area (Å²) in [6, 6.07) is 24.9. The summed E-state index contributed by atoms with van der Waals surface area (Å²) in [5.74, 6) is 0.642. The molecule has 6 rings (SSSR count). The summed E-state index contributed by atoms with van der Waals surface area (Å²) in [5.41, 5.74) is 6.21. The van der Waals surface area contributed by atoms with Crippen molar-refractivity contribution in [1.29, 1.82) is 0 Å². The van der Waals surface area contributed by atoms with Crippen LogP contribution < -0.4 is 9.47 Å². The van der Waals surface area contributed by atoms with E-state index in [1.54, 1.807) is 11.8 Å². The van der Waals surface area contributed by atoms with Crippen LogP contribution in [0.4, 0.5) is 5.69 Å². The Kier molecular flexibility index (Phi) is 4.77. The Balaban J connectivity index is 1.37. The van der Waals surface area contributed by atoms with Crippen molar-refractivity contribution in [2.75, 3.05) is 11.9 Å². The van der Waals surface area contributed by atoms with E-state index in [2.05, 4.69) is 102 Å². The highest BCUT2D eigenvalue weighted by molar-refractivity contribution is 8.03. The third kappa shape index (κ3) is 3.51. The second kappa shape index (κ2) is 7.94. The van der Waals surface area contributed by atoms with Crippen LogP contribution >= 0.6 is 11.8 Å². The Labute approximate surface area is 196 Å². The van der Waals surface area contributed by atoms with E-state index < -0.39 is 0 Å². The molecule has 33 heavy (non-hydrogen) atoms. The lowest BCUT2D eigenvalue weighted by molar-refractivity contribution is -0.644. The molecule has 160 valence electrons. The SMILES string of the molecule is CN1/C(=C/C=C\c2cc[n+](C)c3ccc(-c4nc5ccccc5o4)cc23)Sc2ccccc21. The molecule has 1 aliphatic heterocycles. The summed E-state index contributed by atoms with van der Waals surface area (Å²) < 4.78 is 8.15. The van der Waals surface area contributed by atoms with Crippen LogP contribution in [0.25, 0.3) is 39.5 Å². The zero-order valence-corrected chi connectivity index (χ0v) is 19.2. The minimum atomic E-state index is 0.642. The number of anilines is 1. The summed E-state index contributed by atoms with van der Waals surface area (Å²) in [4.78, 5) is 8.20. The van der Waals surface area contributed by atoms with Crippen LogP contribution in [0.15, 0.2) is 105 Å². The van der Waals surface area contributed by atoms with Crippen molar-refractivity contribution in [3.8, 4) is 11.5 Å². The van der Waals surface area contributed by atoms with Gasteiger partial charge in [-0.3, -0.25) is 0 Å². The molecule has 1 aliphatic rings. The van der Waals surface area contributed by atoms with Gasteiger partial charge in [0.15, 0.2) is 11.8 Å². The van der Waals surface area contributed by atoms with Gasteiger partial charge in [0.1, 0.15) is 12.6 Å². The van der Waals surface area contributed by atoms with Gasteiger partial charge in [-0.15, -0.1) is 0 Å². The van der Waals surface area contributed by atoms with Crippen LogP contribution in [0.3, 0.4) is 0 Å². The number of pyridine rings is 1. The first-order valence-electron chi connectivity index (χ1n) is 10.8. The van der Waals surface area contributed by atoms with Gasteiger partial charge in [-0.1, -0.05) is 48.2 Å². The third-order valence-electron chi connectivity index (χ3n) is 5.99. The minimum absolute atomic E-state index is 0.642. The first kappa shape index (κ1) is 19.8. The van der Waals surface area contributed by atoms with Crippen molar-refractivity contribution in [3.05, 3.63) is 102 Å². The number of allylic oxidation sites excluding steroid dienone is 2. The van der Waals surface area contributed by atoms with Crippen molar-refractivity contribution >= 4 is 45.5 Å². The Morgan fingerprint density at radius 1 is 1.00 bits per heavy atom. The molecule has 0 radical (unpaired) electrons. The predicted molar refractivity (Wildman–Crippen MR) is 136 cm³/mol. The quantitative estimate of drug-likeness (QED) is 0.292. The maximum Gasteiger partial charge on any atom is 0.227 e. The monoisotopic (exact) mass is 448 g/mol. The van der Waals surface area contributed by atoms with Crippen LogP contribution in [0.2, 0.25) is 0 Å². The van der Waals surface area contributed by atoms with Crippen LogP contribution in [0.5, 0.6) is 0 Å². The minimum Gasteiger partial charge on any atom is -0.436 e. The Morgan fingerprint density at radius 2 is 1.85 bits per heavy atom. The lowest BCUT2D eigenvalue weighted by atomic mass is 10.0. The highest BCUT2D eigenvalue weighted by atomic mass is 32.2. The van der Waals surface area contributed by atoms with Gasteiger partial charge in [-0.2, -0.15) is 0 Å². The van der Waals surface area contributed by atoms with Crippen molar-refractivity contribution in [3.63, 3.8) is 0 Å². The normalized spacial score (nSPS) is 14.7. The predicted octanol–water partition coefficient (Wildman–Crippen LogP) is 6.57. The van der Waals surface area contributed by atoms with Crippen molar-refractivity contribution in [1.82, 2.24) is 4.98 Å². The van der Waals surface area contributed by atoms with E-state index in [4.69, 9.17) is 4.42 Å². The van der Waals surface area contributed by atoms with Crippen LogP contribution in [-0.4, -0.2) is 12.0 Å². The lowest BCUT2D eigenvalue weighted by Gasteiger charge is -2.12. The highest BCUT2D eigenvalue weighted by Crippen LogP contribution is 2.44. The van der Waals surface area contributed by atoms with Gasteiger partial charge in [0.25, 0.3) is 0 Å². The number of benzene rings is 3. The number of hydrogen-bond acceptors (Lipinski definition) is 4. The van der Waals surface area contributed by atoms with E-state index >= 15 is 0 Å². The van der Waals surface area contributed by atoms with E-state index in [-0.39, 0.29) is 0 Å². The maximum atomic E-state index is 6.01. The number of fused-ring (bicyclic) bond motifs is 3. The maximum absolute atomic E-state index is 6.01. The molecule has 3 heterocycles. The lowest BCUT2D eigenvalue weighted by Crippen LogP contribution is -2.28. The standard InChI is InChI=1S/C28H22N3OS/c1-30-17-16-19(8-7-13-27-31(2)24-10-4-6-12-26(24)33-27)21-18-20(14-15-23(21)30)28-29-22-9-3-5-11-25(22)32-28/h3-18H,1-2H3/q+1. The summed E-state index contributed by atoms with van der Waals surface area (Å²) >= 11 is 1.80. The molecule has 3 aromatic carbocycles. The van der Waals surface area contributed by atoms with Crippen molar-refractivity contribution in [2.24, 2.45) is 7.05 Å². The second-order valence-corrected chi connectivity index (χ2v) is 9.16. The molecule has 5 heteroatoms. The number of nitrogens with zero attached hydrogens (tertiary/aromatic N) is 3. The molecule has 0 saturated heterocycles. The molecule has 0 amide bonds. The first-order valence-corrected chi connectivity index (χ1v) is 11.7. The van der Waals surface area contributed by atoms with Crippen LogP contribution in [0.1, 0.15) is 5.56 Å². The van der Waals surface area contributed by atoms with E-state index in [0.717, 1.165) is 33.1 Å². The zero-order chi connectivity index (χ0) is 22.4. The van der Waals surface area contributed by atoms with Gasteiger partial charge in [0.2, 0.25) is 11.4 Å². The highest BCUT2D eigenvalue weighted by Gasteiger charge is 2.20. The number of aryl methyl sites for hydroxylation is 1. The van der Waals surface area contributed by atoms with Gasteiger partial charge in [0.05, 0.1) is 16.1 Å². The van der Waals surface area contributed by atoms with E-state index in [9.17, 15) is 0 Å². The molecule has 2 aromatic heterocycles. The van der Waals surface area contributed by atoms with Gasteiger partial charge in [-0.25, -0.2) is 9.55 Å². The van der Waals surface area contributed by atoms with Crippen LogP contribution in [-0.2, 0) is 7.05 Å². The fourth-order valence-corrected chi connectivity index (χ4v) is 5.27. The molecular formula is C28H22N3OS+. The molecule has 5 aromatic rings. The Bertz CT molecular complexity index is 1550. The first-order chi connectivity index (χ1) is 16.2. The number of rotatable bonds is 3. The summed E-state index contributed by atoms with van der Waals surface area (Å²) in [7, 11) is 4.18. The van der Waals surface area contributed by atoms with Gasteiger partial charge < -0.3 is 9.32 Å².